The Balaban J connectivity index is 3.17. The van der Waals surface area contributed by atoms with E-state index in [-0.39, 0.29) is 5.91 Å². The van der Waals surface area contributed by atoms with Crippen molar-refractivity contribution in [1.82, 2.24) is 5.32 Å². The molecule has 0 aromatic heterocycles. The summed E-state index contributed by atoms with van der Waals surface area (Å²) in [7, 11) is 0. The monoisotopic (exact) mass is 193 g/mol. The van der Waals surface area contributed by atoms with E-state index in [0.29, 0.717) is 17.8 Å². The summed E-state index contributed by atoms with van der Waals surface area (Å²) in [6.45, 7) is 4.55. The fourth-order valence-electron chi connectivity index (χ4n) is 0.379. The molecule has 0 saturated carbocycles. The van der Waals surface area contributed by atoms with Crippen LogP contribution in [-0.4, -0.2) is 17.3 Å². The van der Waals surface area contributed by atoms with Gasteiger partial charge in [0.2, 0.25) is 5.91 Å². The van der Waals surface area contributed by atoms with Gasteiger partial charge in [0.05, 0.1) is 0 Å². The number of rotatable bonds is 3. The van der Waals surface area contributed by atoms with Crippen LogP contribution in [0.15, 0.2) is 0 Å². The fourth-order valence-corrected chi connectivity index (χ4v) is 0.541. The van der Waals surface area contributed by atoms with Crippen molar-refractivity contribution in [3.05, 3.63) is 0 Å². The van der Waals surface area contributed by atoms with E-state index < -0.39 is 0 Å². The van der Waals surface area contributed by atoms with Gasteiger partial charge in [0.25, 0.3) is 0 Å². The molecule has 1 atom stereocenters. The van der Waals surface area contributed by atoms with Crippen LogP contribution in [-0.2, 0) is 4.79 Å². The Labute approximate surface area is 64.1 Å². The molecule has 0 fully saturated rings. The van der Waals surface area contributed by atoms with Crippen LogP contribution in [0.1, 0.15) is 20.3 Å². The molecule has 0 heterocycles. The van der Waals surface area contributed by atoms with Crippen LogP contribution in [0.4, 0.5) is 0 Å². The Morgan fingerprint density at radius 1 is 1.78 bits per heavy atom. The second-order valence-corrected chi connectivity index (χ2v) is 3.50. The summed E-state index contributed by atoms with van der Waals surface area (Å²) in [5, 5.41) is 2.75. The Bertz CT molecular complexity index is 93.1. The zero-order valence-electron chi connectivity index (χ0n) is 5.78. The van der Waals surface area contributed by atoms with E-state index in [1.54, 1.807) is 0 Å². The molecule has 0 aromatic carbocycles. The maximum atomic E-state index is 10.6. The normalized spacial score (nSPS) is 12.8. The summed E-state index contributed by atoms with van der Waals surface area (Å²) in [5.41, 5.74) is 0. The lowest BCUT2D eigenvalue weighted by Gasteiger charge is -2.03. The number of carbonyl (C=O) groups excluding carboxylic acids is 1. The third-order valence-corrected chi connectivity index (χ3v) is 1.23. The predicted octanol–water partition coefficient (Wildman–Crippen LogP) is 1.30. The smallest absolute Gasteiger partial charge is 0.219 e. The van der Waals surface area contributed by atoms with Crippen molar-refractivity contribution in [2.75, 3.05) is 6.54 Å². The lowest BCUT2D eigenvalue weighted by Crippen LogP contribution is -2.27. The molecule has 0 bridgehead atoms. The van der Waals surface area contributed by atoms with Gasteiger partial charge in [-0.15, -0.1) is 0 Å². The molecule has 0 aliphatic carbocycles. The van der Waals surface area contributed by atoms with Crippen LogP contribution < -0.4 is 5.32 Å². The predicted molar refractivity (Wildman–Crippen MR) is 41.7 cm³/mol. The number of hydrogen-bond acceptors (Lipinski definition) is 1. The Kier molecular flexibility index (Phi) is 4.77. The van der Waals surface area contributed by atoms with Crippen molar-refractivity contribution in [3.63, 3.8) is 0 Å². The zero-order valence-corrected chi connectivity index (χ0v) is 7.36. The number of alkyl halides is 1. The molecule has 0 aliphatic heterocycles. The molecule has 0 spiro atoms. The highest BCUT2D eigenvalue weighted by atomic mass is 79.9. The third kappa shape index (κ3) is 5.83. The Hall–Kier alpha value is -0.0500. The van der Waals surface area contributed by atoms with Gasteiger partial charge in [0.15, 0.2) is 0 Å². The molecule has 1 N–H and O–H groups in total. The van der Waals surface area contributed by atoms with Crippen LogP contribution in [0.25, 0.3) is 0 Å². The van der Waals surface area contributed by atoms with E-state index in [1.165, 1.54) is 0 Å². The highest BCUT2D eigenvalue weighted by molar-refractivity contribution is 9.09. The van der Waals surface area contributed by atoms with Gasteiger partial charge < -0.3 is 5.32 Å². The van der Waals surface area contributed by atoms with Crippen LogP contribution >= 0.6 is 15.9 Å². The van der Waals surface area contributed by atoms with Crippen molar-refractivity contribution in [2.24, 2.45) is 0 Å². The van der Waals surface area contributed by atoms with E-state index in [2.05, 4.69) is 21.2 Å². The topological polar surface area (TPSA) is 29.1 Å². The maximum Gasteiger partial charge on any atom is 0.219 e. The van der Waals surface area contributed by atoms with Crippen LogP contribution in [0, 0.1) is 0 Å². The summed E-state index contributed by atoms with van der Waals surface area (Å²) < 4.78 is 0. The van der Waals surface area contributed by atoms with E-state index in [1.807, 2.05) is 13.8 Å². The molecule has 0 aromatic rings. The molecule has 9 heavy (non-hydrogen) atoms. The van der Waals surface area contributed by atoms with Gasteiger partial charge in [-0.3, -0.25) is 4.79 Å². The maximum absolute atomic E-state index is 10.6. The molecule has 1 unspecified atom stereocenters. The lowest BCUT2D eigenvalue weighted by molar-refractivity contribution is -0.120. The summed E-state index contributed by atoms with van der Waals surface area (Å²) in [6.07, 6.45) is 0.569. The van der Waals surface area contributed by atoms with Crippen molar-refractivity contribution >= 4 is 21.8 Å². The van der Waals surface area contributed by atoms with Crippen molar-refractivity contribution in [3.8, 4) is 0 Å². The minimum Gasteiger partial charge on any atom is -0.355 e. The number of amides is 1. The summed E-state index contributed by atoms with van der Waals surface area (Å²) in [4.78, 5) is 11.0. The SMILES string of the molecule is CCC(=O)NCC(C)Br. The third-order valence-electron chi connectivity index (χ3n) is 0.902. The number of carbonyl (C=O) groups is 1. The van der Waals surface area contributed by atoms with Gasteiger partial charge in [-0.1, -0.05) is 29.8 Å². The lowest BCUT2D eigenvalue weighted by atomic mass is 10.4. The molecule has 3 heteroatoms. The first-order chi connectivity index (χ1) is 4.16. The van der Waals surface area contributed by atoms with Gasteiger partial charge >= 0.3 is 0 Å². The summed E-state index contributed by atoms with van der Waals surface area (Å²) in [6, 6.07) is 0. The van der Waals surface area contributed by atoms with Crippen molar-refractivity contribution in [2.45, 2.75) is 25.1 Å². The average molecular weight is 194 g/mol. The minimum atomic E-state index is 0.112. The van der Waals surface area contributed by atoms with E-state index in [0.717, 1.165) is 0 Å². The van der Waals surface area contributed by atoms with Crippen molar-refractivity contribution in [1.29, 1.82) is 0 Å². The van der Waals surface area contributed by atoms with Crippen molar-refractivity contribution < 1.29 is 4.79 Å². The highest BCUT2D eigenvalue weighted by Crippen LogP contribution is 1.93. The molecule has 54 valence electrons. The van der Waals surface area contributed by atoms with Gasteiger partial charge in [0.1, 0.15) is 0 Å². The zero-order chi connectivity index (χ0) is 7.28. The highest BCUT2D eigenvalue weighted by Gasteiger charge is 1.97. The van der Waals surface area contributed by atoms with Gasteiger partial charge in [-0.05, 0) is 0 Å². The minimum absolute atomic E-state index is 0.112. The average Bonchev–Trinajstić information content (AvgIpc) is 1.83. The summed E-state index contributed by atoms with van der Waals surface area (Å²) in [5.74, 6) is 0.112. The number of halogens is 1. The fraction of sp³-hybridized carbons (Fsp3) is 0.833. The Morgan fingerprint density at radius 3 is 2.67 bits per heavy atom. The second-order valence-electron chi connectivity index (χ2n) is 1.94. The molecular formula is C6H12BrNO. The second kappa shape index (κ2) is 4.79. The first kappa shape index (κ1) is 8.95. The molecule has 2 nitrogen and oxygen atoms in total. The molecule has 0 aliphatic rings. The molecule has 0 saturated heterocycles. The first-order valence-corrected chi connectivity index (χ1v) is 3.99. The standard InChI is InChI=1S/C6H12BrNO/c1-3-6(9)8-4-5(2)7/h5H,3-4H2,1-2H3,(H,8,9). The van der Waals surface area contributed by atoms with Gasteiger partial charge in [0, 0.05) is 17.8 Å². The Morgan fingerprint density at radius 2 is 2.33 bits per heavy atom. The largest absolute Gasteiger partial charge is 0.355 e. The van der Waals surface area contributed by atoms with Crippen LogP contribution in [0.2, 0.25) is 0 Å². The number of nitrogens with one attached hydrogen (secondary N) is 1. The quantitative estimate of drug-likeness (QED) is 0.674. The first-order valence-electron chi connectivity index (χ1n) is 3.07. The molecule has 0 radical (unpaired) electrons. The van der Waals surface area contributed by atoms with Crippen LogP contribution in [0.3, 0.4) is 0 Å². The van der Waals surface area contributed by atoms with Gasteiger partial charge in [-0.2, -0.15) is 0 Å². The molecule has 1 amide bonds. The van der Waals surface area contributed by atoms with E-state index >= 15 is 0 Å². The molecule has 0 rings (SSSR count). The van der Waals surface area contributed by atoms with E-state index in [4.69, 9.17) is 0 Å². The van der Waals surface area contributed by atoms with Gasteiger partial charge in [-0.25, -0.2) is 0 Å². The number of hydrogen-bond donors (Lipinski definition) is 1. The molecular weight excluding hydrogens is 182 g/mol. The van der Waals surface area contributed by atoms with E-state index in [9.17, 15) is 4.79 Å². The van der Waals surface area contributed by atoms with Crippen LogP contribution in [0.5, 0.6) is 0 Å². The summed E-state index contributed by atoms with van der Waals surface area (Å²) >= 11 is 3.32.